The summed E-state index contributed by atoms with van der Waals surface area (Å²) in [5.41, 5.74) is 1.47. The van der Waals surface area contributed by atoms with E-state index < -0.39 is 0 Å². The van der Waals surface area contributed by atoms with E-state index in [4.69, 9.17) is 18.6 Å². The highest BCUT2D eigenvalue weighted by Gasteiger charge is 2.30. The zero-order valence-electron chi connectivity index (χ0n) is 15.5. The third kappa shape index (κ3) is 5.08. The number of piperidine rings is 1. The summed E-state index contributed by atoms with van der Waals surface area (Å²) >= 11 is 0. The molecule has 0 aliphatic carbocycles. The monoisotopic (exact) mass is 375 g/mol. The first-order valence-electron chi connectivity index (χ1n) is 9.32. The van der Waals surface area contributed by atoms with Crippen LogP contribution in [0.5, 0.6) is 5.75 Å². The fourth-order valence-corrected chi connectivity index (χ4v) is 3.06. The lowest BCUT2D eigenvalue weighted by molar-refractivity contribution is -0.134. The third-order valence-corrected chi connectivity index (χ3v) is 4.41. The van der Waals surface area contributed by atoms with Crippen molar-refractivity contribution in [1.82, 2.24) is 5.32 Å². The summed E-state index contributed by atoms with van der Waals surface area (Å²) in [5, 5.41) is 3.22. The molecule has 1 aromatic carbocycles. The number of ether oxygens (including phenoxy) is 3. The summed E-state index contributed by atoms with van der Waals surface area (Å²) in [6.07, 6.45) is 3.41. The van der Waals surface area contributed by atoms with Crippen LogP contribution in [0.25, 0.3) is 11.0 Å². The number of nitrogens with one attached hydrogen (secondary N) is 1. The summed E-state index contributed by atoms with van der Waals surface area (Å²) in [5.74, 6) is -0.207. The van der Waals surface area contributed by atoms with Crippen LogP contribution in [0.2, 0.25) is 0 Å². The number of benzene rings is 1. The van der Waals surface area contributed by atoms with Gasteiger partial charge in [-0.2, -0.15) is 0 Å². The molecule has 1 N–H and O–H groups in total. The molecule has 2 amide bonds. The maximum atomic E-state index is 12.1. The minimum Gasteiger partial charge on any atom is -0.491 e. The van der Waals surface area contributed by atoms with Crippen molar-refractivity contribution in [3.63, 3.8) is 0 Å². The molecule has 2 heterocycles. The van der Waals surface area contributed by atoms with Gasteiger partial charge in [-0.05, 0) is 31.0 Å². The number of hydrogen-bond acceptors (Lipinski definition) is 6. The minimum absolute atomic E-state index is 0.229. The second-order valence-corrected chi connectivity index (χ2v) is 6.43. The van der Waals surface area contributed by atoms with E-state index in [1.807, 2.05) is 18.2 Å². The molecule has 2 aromatic rings. The van der Waals surface area contributed by atoms with E-state index in [0.717, 1.165) is 24.0 Å². The highest BCUT2D eigenvalue weighted by molar-refractivity contribution is 6.02. The van der Waals surface area contributed by atoms with Crippen molar-refractivity contribution in [2.75, 3.05) is 33.0 Å². The van der Waals surface area contributed by atoms with Gasteiger partial charge < -0.3 is 18.6 Å². The van der Waals surface area contributed by atoms with Gasteiger partial charge in [0.05, 0.1) is 32.0 Å². The van der Waals surface area contributed by atoms with E-state index in [2.05, 4.69) is 12.2 Å². The standard InChI is InChI=1S/C20H25NO6/c1-2-7-24-8-9-25-10-11-26-14-3-5-18-16(12-14)17(13-27-18)15-4-6-19(22)21-20(15)23/h3,5,12-13,15H,2,4,6-11H2,1H3,(H,21,22,23). The molecule has 1 saturated heterocycles. The van der Waals surface area contributed by atoms with Gasteiger partial charge in [-0.25, -0.2) is 0 Å². The van der Waals surface area contributed by atoms with Crippen LogP contribution in [-0.2, 0) is 19.1 Å². The van der Waals surface area contributed by atoms with E-state index in [1.165, 1.54) is 0 Å². The zero-order valence-corrected chi connectivity index (χ0v) is 15.5. The second kappa shape index (κ2) is 9.53. The zero-order chi connectivity index (χ0) is 19.1. The summed E-state index contributed by atoms with van der Waals surface area (Å²) in [6.45, 7) is 4.84. The smallest absolute Gasteiger partial charge is 0.234 e. The molecular weight excluding hydrogens is 350 g/mol. The Morgan fingerprint density at radius 2 is 1.89 bits per heavy atom. The van der Waals surface area contributed by atoms with Crippen LogP contribution in [0.1, 0.15) is 37.7 Å². The van der Waals surface area contributed by atoms with Crippen LogP contribution in [0.3, 0.4) is 0 Å². The normalized spacial score (nSPS) is 17.3. The number of furan rings is 1. The Labute approximate surface area is 157 Å². The van der Waals surface area contributed by atoms with Crippen molar-refractivity contribution in [1.29, 1.82) is 0 Å². The van der Waals surface area contributed by atoms with Crippen molar-refractivity contribution in [2.45, 2.75) is 32.1 Å². The van der Waals surface area contributed by atoms with Crippen LogP contribution < -0.4 is 10.1 Å². The molecule has 1 atom stereocenters. The van der Waals surface area contributed by atoms with Gasteiger partial charge in [0.15, 0.2) is 0 Å². The molecular formula is C20H25NO6. The quantitative estimate of drug-likeness (QED) is 0.508. The van der Waals surface area contributed by atoms with Gasteiger partial charge in [0.2, 0.25) is 11.8 Å². The van der Waals surface area contributed by atoms with Crippen molar-refractivity contribution in [2.24, 2.45) is 0 Å². The van der Waals surface area contributed by atoms with Gasteiger partial charge in [0.1, 0.15) is 17.9 Å². The lowest BCUT2D eigenvalue weighted by Crippen LogP contribution is -2.39. The van der Waals surface area contributed by atoms with Gasteiger partial charge in [-0.3, -0.25) is 14.9 Å². The Kier molecular flexibility index (Phi) is 6.84. The predicted molar refractivity (Wildman–Crippen MR) is 98.8 cm³/mol. The van der Waals surface area contributed by atoms with Crippen molar-refractivity contribution < 1.29 is 28.2 Å². The molecule has 0 bridgehead atoms. The van der Waals surface area contributed by atoms with Crippen molar-refractivity contribution in [3.8, 4) is 5.75 Å². The van der Waals surface area contributed by atoms with Crippen LogP contribution >= 0.6 is 0 Å². The van der Waals surface area contributed by atoms with Crippen LogP contribution in [0.4, 0.5) is 0 Å². The van der Waals surface area contributed by atoms with Gasteiger partial charge in [0.25, 0.3) is 0 Å². The Morgan fingerprint density at radius 1 is 1.11 bits per heavy atom. The summed E-state index contributed by atoms with van der Waals surface area (Å²) in [4.78, 5) is 23.5. The largest absolute Gasteiger partial charge is 0.491 e. The SMILES string of the molecule is CCCOCCOCCOc1ccc2occ(C3CCC(=O)NC3=O)c2c1. The van der Waals surface area contributed by atoms with Gasteiger partial charge >= 0.3 is 0 Å². The molecule has 1 aliphatic heterocycles. The maximum Gasteiger partial charge on any atom is 0.234 e. The number of amides is 2. The molecule has 0 saturated carbocycles. The number of carbonyl (C=O) groups is 2. The highest BCUT2D eigenvalue weighted by Crippen LogP contribution is 2.34. The number of imide groups is 1. The third-order valence-electron chi connectivity index (χ3n) is 4.41. The predicted octanol–water partition coefficient (Wildman–Crippen LogP) is 2.78. The molecule has 3 rings (SSSR count). The molecule has 7 heteroatoms. The highest BCUT2D eigenvalue weighted by atomic mass is 16.5. The number of rotatable bonds is 10. The Bertz CT molecular complexity index is 784. The van der Waals surface area contributed by atoms with Crippen molar-refractivity contribution >= 4 is 22.8 Å². The Balaban J connectivity index is 1.55. The molecule has 1 unspecified atom stereocenters. The first-order chi connectivity index (χ1) is 13.2. The van der Waals surface area contributed by atoms with E-state index in [-0.39, 0.29) is 17.7 Å². The first kappa shape index (κ1) is 19.4. The van der Waals surface area contributed by atoms with E-state index in [9.17, 15) is 9.59 Å². The number of fused-ring (bicyclic) bond motifs is 1. The van der Waals surface area contributed by atoms with E-state index in [1.54, 1.807) is 6.26 Å². The average molecular weight is 375 g/mol. The number of carbonyl (C=O) groups excluding carboxylic acids is 2. The summed E-state index contributed by atoms with van der Waals surface area (Å²) in [6, 6.07) is 5.51. The summed E-state index contributed by atoms with van der Waals surface area (Å²) in [7, 11) is 0. The van der Waals surface area contributed by atoms with E-state index >= 15 is 0 Å². The van der Waals surface area contributed by atoms with Gasteiger partial charge in [0, 0.05) is 24.0 Å². The molecule has 0 spiro atoms. The second-order valence-electron chi connectivity index (χ2n) is 6.43. The molecule has 1 aliphatic rings. The fraction of sp³-hybridized carbons (Fsp3) is 0.500. The lowest BCUT2D eigenvalue weighted by atomic mass is 9.90. The van der Waals surface area contributed by atoms with E-state index in [0.29, 0.717) is 50.6 Å². The van der Waals surface area contributed by atoms with Crippen molar-refractivity contribution in [3.05, 3.63) is 30.0 Å². The average Bonchev–Trinajstić information content (AvgIpc) is 3.07. The molecule has 7 nitrogen and oxygen atoms in total. The van der Waals surface area contributed by atoms with Crippen LogP contribution in [0.15, 0.2) is 28.9 Å². The van der Waals surface area contributed by atoms with Gasteiger partial charge in [-0.1, -0.05) is 6.92 Å². The molecule has 1 fully saturated rings. The summed E-state index contributed by atoms with van der Waals surface area (Å²) < 4.78 is 22.1. The molecule has 27 heavy (non-hydrogen) atoms. The Morgan fingerprint density at radius 3 is 2.67 bits per heavy atom. The topological polar surface area (TPSA) is 87.0 Å². The first-order valence-corrected chi connectivity index (χ1v) is 9.32. The number of hydrogen-bond donors (Lipinski definition) is 1. The molecule has 1 aromatic heterocycles. The maximum absolute atomic E-state index is 12.1. The fourth-order valence-electron chi connectivity index (χ4n) is 3.06. The Hall–Kier alpha value is -2.38. The minimum atomic E-state index is -0.384. The molecule has 0 radical (unpaired) electrons. The van der Waals surface area contributed by atoms with Crippen LogP contribution in [0, 0.1) is 0 Å². The lowest BCUT2D eigenvalue weighted by Gasteiger charge is -2.19. The van der Waals surface area contributed by atoms with Crippen LogP contribution in [-0.4, -0.2) is 44.8 Å². The molecule has 146 valence electrons. The van der Waals surface area contributed by atoms with Gasteiger partial charge in [-0.15, -0.1) is 0 Å².